The molecule has 0 bridgehead atoms. The summed E-state index contributed by atoms with van der Waals surface area (Å²) in [5, 5.41) is 8.65. The van der Waals surface area contributed by atoms with Crippen molar-refractivity contribution in [2.24, 2.45) is 0 Å². The van der Waals surface area contributed by atoms with Crippen LogP contribution in [0.5, 0.6) is 5.75 Å². The van der Waals surface area contributed by atoms with Crippen LogP contribution in [0.15, 0.2) is 24.3 Å². The molecule has 0 aliphatic rings. The summed E-state index contributed by atoms with van der Waals surface area (Å²) in [4.78, 5) is 0. The molecule has 0 aliphatic carbocycles. The Labute approximate surface area is 108 Å². The number of benzene rings is 1. The summed E-state index contributed by atoms with van der Waals surface area (Å²) in [5.41, 5.74) is 0.672. The van der Waals surface area contributed by atoms with E-state index in [2.05, 4.69) is 13.0 Å². The Morgan fingerprint density at radius 1 is 1.18 bits per heavy atom. The van der Waals surface area contributed by atoms with Gasteiger partial charge in [0.05, 0.1) is 18.2 Å². The zero-order chi connectivity index (χ0) is 12.3. The summed E-state index contributed by atoms with van der Waals surface area (Å²) >= 11 is 1.94. The number of thioether (sulfide) groups is 1. The molecule has 0 N–H and O–H groups in total. The van der Waals surface area contributed by atoms with Crippen LogP contribution in [-0.2, 0) is 0 Å². The second kappa shape index (κ2) is 8.95. The summed E-state index contributed by atoms with van der Waals surface area (Å²) in [6.07, 6.45) is 3.91. The maximum absolute atomic E-state index is 8.65. The largest absolute Gasteiger partial charge is 0.493 e. The van der Waals surface area contributed by atoms with Crippen molar-refractivity contribution in [3.05, 3.63) is 29.8 Å². The van der Waals surface area contributed by atoms with E-state index >= 15 is 0 Å². The third-order valence-electron chi connectivity index (χ3n) is 2.37. The lowest BCUT2D eigenvalue weighted by molar-refractivity contribution is 0.344. The molecule has 0 spiro atoms. The summed E-state index contributed by atoms with van der Waals surface area (Å²) in [6.45, 7) is 2.96. The molecule has 1 aromatic rings. The number of ether oxygens (including phenoxy) is 1. The van der Waals surface area contributed by atoms with Crippen molar-refractivity contribution in [2.75, 3.05) is 18.1 Å². The molecule has 0 saturated heterocycles. The molecule has 0 fully saturated rings. The standard InChI is InChI=1S/C14H19NOS/c1-2-3-4-10-17-11-9-16-14-7-5-13(12-15)6-8-14/h5-8H,2-4,9-11H2,1H3. The predicted molar refractivity (Wildman–Crippen MR) is 73.5 cm³/mol. The average Bonchev–Trinajstić information content (AvgIpc) is 2.38. The molecule has 0 saturated carbocycles. The van der Waals surface area contributed by atoms with Gasteiger partial charge in [0.2, 0.25) is 0 Å². The number of nitriles is 1. The van der Waals surface area contributed by atoms with E-state index in [1.54, 1.807) is 12.1 Å². The maximum atomic E-state index is 8.65. The molecule has 2 nitrogen and oxygen atoms in total. The summed E-state index contributed by atoms with van der Waals surface area (Å²) in [6, 6.07) is 9.35. The van der Waals surface area contributed by atoms with Gasteiger partial charge < -0.3 is 4.74 Å². The third kappa shape index (κ3) is 6.23. The molecule has 0 unspecified atom stereocenters. The predicted octanol–water partition coefficient (Wildman–Crippen LogP) is 3.86. The van der Waals surface area contributed by atoms with E-state index in [0.717, 1.165) is 18.1 Å². The molecular formula is C14H19NOS. The quantitative estimate of drug-likeness (QED) is 0.656. The van der Waals surface area contributed by atoms with Crippen LogP contribution in [0.25, 0.3) is 0 Å². The molecule has 1 rings (SSSR count). The molecule has 3 heteroatoms. The first-order valence-electron chi connectivity index (χ1n) is 6.07. The second-order valence-electron chi connectivity index (χ2n) is 3.80. The number of unbranched alkanes of at least 4 members (excludes halogenated alkanes) is 2. The van der Waals surface area contributed by atoms with Crippen LogP contribution in [0.4, 0.5) is 0 Å². The fraction of sp³-hybridized carbons (Fsp3) is 0.500. The van der Waals surface area contributed by atoms with Gasteiger partial charge >= 0.3 is 0 Å². The topological polar surface area (TPSA) is 33.0 Å². The minimum absolute atomic E-state index is 0.672. The summed E-state index contributed by atoms with van der Waals surface area (Å²) in [5.74, 6) is 3.10. The molecule has 0 amide bonds. The Kier molecular flexibility index (Phi) is 7.33. The smallest absolute Gasteiger partial charge is 0.119 e. The van der Waals surface area contributed by atoms with Crippen LogP contribution in [0.2, 0.25) is 0 Å². The van der Waals surface area contributed by atoms with Crippen LogP contribution < -0.4 is 4.74 Å². The minimum atomic E-state index is 0.672. The molecule has 0 atom stereocenters. The first-order chi connectivity index (χ1) is 8.36. The second-order valence-corrected chi connectivity index (χ2v) is 5.03. The Morgan fingerprint density at radius 3 is 2.59 bits per heavy atom. The zero-order valence-electron chi connectivity index (χ0n) is 10.3. The van der Waals surface area contributed by atoms with E-state index in [-0.39, 0.29) is 0 Å². The number of hydrogen-bond acceptors (Lipinski definition) is 3. The van der Waals surface area contributed by atoms with Crippen LogP contribution >= 0.6 is 11.8 Å². The lowest BCUT2D eigenvalue weighted by Crippen LogP contribution is -2.00. The molecule has 0 aromatic heterocycles. The molecule has 17 heavy (non-hydrogen) atoms. The highest BCUT2D eigenvalue weighted by Crippen LogP contribution is 2.12. The van der Waals surface area contributed by atoms with E-state index in [1.165, 1.54) is 25.0 Å². The Bertz CT molecular complexity index is 342. The van der Waals surface area contributed by atoms with Gasteiger partial charge in [0.25, 0.3) is 0 Å². The fourth-order valence-corrected chi connectivity index (χ4v) is 2.21. The van der Waals surface area contributed by atoms with Crippen molar-refractivity contribution < 1.29 is 4.74 Å². The molecule has 0 radical (unpaired) electrons. The van der Waals surface area contributed by atoms with E-state index < -0.39 is 0 Å². The van der Waals surface area contributed by atoms with Gasteiger partial charge in [0.15, 0.2) is 0 Å². The normalized spacial score (nSPS) is 9.88. The van der Waals surface area contributed by atoms with Crippen LogP contribution in [0, 0.1) is 11.3 Å². The Hall–Kier alpha value is -1.14. The lowest BCUT2D eigenvalue weighted by Gasteiger charge is -2.05. The van der Waals surface area contributed by atoms with Gasteiger partial charge in [0.1, 0.15) is 5.75 Å². The Morgan fingerprint density at radius 2 is 1.94 bits per heavy atom. The van der Waals surface area contributed by atoms with Gasteiger partial charge in [-0.15, -0.1) is 0 Å². The highest BCUT2D eigenvalue weighted by molar-refractivity contribution is 7.99. The molecule has 0 aliphatic heterocycles. The first-order valence-corrected chi connectivity index (χ1v) is 7.23. The number of nitrogens with zero attached hydrogens (tertiary/aromatic N) is 1. The summed E-state index contributed by atoms with van der Waals surface area (Å²) in [7, 11) is 0. The van der Waals surface area contributed by atoms with Gasteiger partial charge in [0, 0.05) is 5.75 Å². The molecule has 1 aromatic carbocycles. The van der Waals surface area contributed by atoms with Crippen LogP contribution in [0.3, 0.4) is 0 Å². The van der Waals surface area contributed by atoms with Crippen molar-refractivity contribution in [3.8, 4) is 11.8 Å². The van der Waals surface area contributed by atoms with Gasteiger partial charge in [-0.25, -0.2) is 0 Å². The van der Waals surface area contributed by atoms with Crippen molar-refractivity contribution in [1.29, 1.82) is 5.26 Å². The highest BCUT2D eigenvalue weighted by Gasteiger charge is 1.95. The lowest BCUT2D eigenvalue weighted by atomic mass is 10.2. The minimum Gasteiger partial charge on any atom is -0.493 e. The van der Waals surface area contributed by atoms with Crippen molar-refractivity contribution in [3.63, 3.8) is 0 Å². The highest BCUT2D eigenvalue weighted by atomic mass is 32.2. The van der Waals surface area contributed by atoms with Gasteiger partial charge in [-0.2, -0.15) is 17.0 Å². The number of rotatable bonds is 8. The summed E-state index contributed by atoms with van der Waals surface area (Å²) < 4.78 is 5.58. The van der Waals surface area contributed by atoms with Gasteiger partial charge in [-0.1, -0.05) is 19.8 Å². The first kappa shape index (κ1) is 13.9. The van der Waals surface area contributed by atoms with Crippen molar-refractivity contribution in [2.45, 2.75) is 26.2 Å². The van der Waals surface area contributed by atoms with Crippen molar-refractivity contribution >= 4 is 11.8 Å². The van der Waals surface area contributed by atoms with E-state index in [4.69, 9.17) is 10.00 Å². The molecular weight excluding hydrogens is 230 g/mol. The SMILES string of the molecule is CCCCCSCCOc1ccc(C#N)cc1. The zero-order valence-corrected chi connectivity index (χ0v) is 11.1. The maximum Gasteiger partial charge on any atom is 0.119 e. The fourth-order valence-electron chi connectivity index (χ4n) is 1.40. The van der Waals surface area contributed by atoms with E-state index in [9.17, 15) is 0 Å². The molecule has 0 heterocycles. The van der Waals surface area contributed by atoms with Crippen molar-refractivity contribution in [1.82, 2.24) is 0 Å². The van der Waals surface area contributed by atoms with E-state index in [1.807, 2.05) is 23.9 Å². The molecule has 92 valence electrons. The number of hydrogen-bond donors (Lipinski definition) is 0. The average molecular weight is 249 g/mol. The third-order valence-corrected chi connectivity index (χ3v) is 3.40. The Balaban J connectivity index is 2.08. The van der Waals surface area contributed by atoms with Crippen LogP contribution in [0.1, 0.15) is 31.7 Å². The van der Waals surface area contributed by atoms with Gasteiger partial charge in [-0.3, -0.25) is 0 Å². The van der Waals surface area contributed by atoms with Gasteiger partial charge in [-0.05, 0) is 36.4 Å². The van der Waals surface area contributed by atoms with E-state index in [0.29, 0.717) is 5.56 Å². The van der Waals surface area contributed by atoms with Crippen LogP contribution in [-0.4, -0.2) is 18.1 Å². The monoisotopic (exact) mass is 249 g/mol.